The Morgan fingerprint density at radius 3 is 2.07 bits per heavy atom. The fourth-order valence-corrected chi connectivity index (χ4v) is 6.46. The van der Waals surface area contributed by atoms with Gasteiger partial charge in [-0.25, -0.2) is 4.79 Å². The van der Waals surface area contributed by atoms with Gasteiger partial charge in [0.25, 0.3) is 0 Å². The van der Waals surface area contributed by atoms with Crippen molar-refractivity contribution in [2.75, 3.05) is 14.2 Å². The molecule has 6 rings (SSSR count). The molecule has 150 valence electrons. The van der Waals surface area contributed by atoms with Gasteiger partial charge in [0.15, 0.2) is 11.5 Å². The Morgan fingerprint density at radius 2 is 1.54 bits per heavy atom. The van der Waals surface area contributed by atoms with Gasteiger partial charge in [0.2, 0.25) is 11.4 Å². The molecule has 1 aromatic carbocycles. The average molecular weight is 386 g/mol. The first-order chi connectivity index (χ1) is 13.4. The van der Waals surface area contributed by atoms with Crippen molar-refractivity contribution in [1.29, 1.82) is 0 Å². The predicted octanol–water partition coefficient (Wildman–Crippen LogP) is 2.69. The minimum atomic E-state index is -2.16. The normalized spacial score (nSPS) is 37.7. The maximum Gasteiger partial charge on any atom is 0.347 e. The highest BCUT2D eigenvalue weighted by molar-refractivity contribution is 6.19. The third-order valence-corrected chi connectivity index (χ3v) is 7.30. The Bertz CT molecular complexity index is 824. The smallest absolute Gasteiger partial charge is 0.347 e. The standard InChI is InChI=1S/C22H26O6/c1-26-17-6-15-11-22(25,19(23)16(15)7-18(17)27-2)20(24)28-21-8-12-3-13(9-21)5-14(4-12)10-21/h6-7,12-14,25H,3-5,8-11H2,1-2H3/t12?,13?,14?,21?,22-/m0/s1. The highest BCUT2D eigenvalue weighted by Gasteiger charge is 2.58. The number of benzene rings is 1. The fraction of sp³-hybridized carbons (Fsp3) is 0.636. The van der Waals surface area contributed by atoms with E-state index >= 15 is 0 Å². The topological polar surface area (TPSA) is 82.1 Å². The summed E-state index contributed by atoms with van der Waals surface area (Å²) in [7, 11) is 2.99. The fourth-order valence-electron chi connectivity index (χ4n) is 6.46. The summed E-state index contributed by atoms with van der Waals surface area (Å²) in [5.41, 5.74) is -1.79. The molecule has 6 heteroatoms. The highest BCUT2D eigenvalue weighted by atomic mass is 16.6. The number of hydrogen-bond donors (Lipinski definition) is 1. The predicted molar refractivity (Wildman–Crippen MR) is 99.5 cm³/mol. The first-order valence-corrected chi connectivity index (χ1v) is 10.1. The zero-order chi connectivity index (χ0) is 19.7. The Balaban J connectivity index is 1.41. The van der Waals surface area contributed by atoms with Crippen LogP contribution in [0.25, 0.3) is 0 Å². The lowest BCUT2D eigenvalue weighted by molar-refractivity contribution is -0.199. The molecule has 5 aliphatic carbocycles. The third-order valence-electron chi connectivity index (χ3n) is 7.30. The summed E-state index contributed by atoms with van der Waals surface area (Å²) in [5, 5.41) is 11.1. The Kier molecular flexibility index (Phi) is 3.83. The van der Waals surface area contributed by atoms with E-state index in [9.17, 15) is 14.7 Å². The average Bonchev–Trinajstić information content (AvgIpc) is 2.90. The van der Waals surface area contributed by atoms with Crippen LogP contribution in [0.3, 0.4) is 0 Å². The molecular formula is C22H26O6. The number of aliphatic hydroxyl groups is 1. The molecule has 0 unspecified atom stereocenters. The van der Waals surface area contributed by atoms with Crippen LogP contribution in [0.2, 0.25) is 0 Å². The number of carbonyl (C=O) groups is 2. The molecule has 4 saturated carbocycles. The molecule has 0 aromatic heterocycles. The first kappa shape index (κ1) is 18.0. The zero-order valence-electron chi connectivity index (χ0n) is 16.3. The van der Waals surface area contributed by atoms with Gasteiger partial charge in [0.1, 0.15) is 5.60 Å². The van der Waals surface area contributed by atoms with E-state index in [1.807, 2.05) is 0 Å². The SMILES string of the molecule is COc1cc2c(cc1OC)C(=O)[C@](O)(C(=O)OC13CC4CC(CC(C4)C1)C3)C2. The van der Waals surface area contributed by atoms with Gasteiger partial charge < -0.3 is 19.3 Å². The summed E-state index contributed by atoms with van der Waals surface area (Å²) in [4.78, 5) is 26.1. The highest BCUT2D eigenvalue weighted by Crippen LogP contribution is 2.57. The van der Waals surface area contributed by atoms with Crippen LogP contribution in [0.15, 0.2) is 12.1 Å². The molecular weight excluding hydrogens is 360 g/mol. The van der Waals surface area contributed by atoms with Crippen molar-refractivity contribution in [3.05, 3.63) is 23.3 Å². The molecule has 5 aliphatic rings. The molecule has 0 radical (unpaired) electrons. The van der Waals surface area contributed by atoms with Crippen molar-refractivity contribution in [1.82, 2.24) is 0 Å². The first-order valence-electron chi connectivity index (χ1n) is 10.1. The molecule has 0 amide bonds. The number of fused-ring (bicyclic) bond motifs is 1. The van der Waals surface area contributed by atoms with Crippen LogP contribution >= 0.6 is 0 Å². The van der Waals surface area contributed by atoms with Gasteiger partial charge in [0, 0.05) is 12.0 Å². The second kappa shape index (κ2) is 5.96. The number of ketones is 1. The molecule has 1 aromatic rings. The van der Waals surface area contributed by atoms with E-state index in [4.69, 9.17) is 14.2 Å². The van der Waals surface area contributed by atoms with Gasteiger partial charge in [-0.05, 0) is 74.0 Å². The molecule has 0 saturated heterocycles. The van der Waals surface area contributed by atoms with E-state index < -0.39 is 23.0 Å². The van der Waals surface area contributed by atoms with Crippen molar-refractivity contribution in [2.45, 2.75) is 56.1 Å². The summed E-state index contributed by atoms with van der Waals surface area (Å²) < 4.78 is 16.5. The number of rotatable bonds is 4. The van der Waals surface area contributed by atoms with Gasteiger partial charge in [-0.3, -0.25) is 4.79 Å². The molecule has 6 nitrogen and oxygen atoms in total. The van der Waals surface area contributed by atoms with Gasteiger partial charge >= 0.3 is 5.97 Å². The largest absolute Gasteiger partial charge is 0.493 e. The Hall–Kier alpha value is -2.08. The minimum absolute atomic E-state index is 0.0906. The van der Waals surface area contributed by atoms with Crippen LogP contribution in [0.4, 0.5) is 0 Å². The molecule has 4 bridgehead atoms. The molecule has 0 spiro atoms. The van der Waals surface area contributed by atoms with Gasteiger partial charge in [0.05, 0.1) is 14.2 Å². The minimum Gasteiger partial charge on any atom is -0.493 e. The summed E-state index contributed by atoms with van der Waals surface area (Å²) in [5.74, 6) is 1.28. The summed E-state index contributed by atoms with van der Waals surface area (Å²) in [6.45, 7) is 0. The molecule has 0 aliphatic heterocycles. The third kappa shape index (κ3) is 2.50. The maximum absolute atomic E-state index is 13.1. The van der Waals surface area contributed by atoms with Crippen molar-refractivity contribution in [3.8, 4) is 11.5 Å². The summed E-state index contributed by atoms with van der Waals surface area (Å²) in [6.07, 6.45) is 6.19. The van der Waals surface area contributed by atoms with E-state index in [0.717, 1.165) is 19.3 Å². The molecule has 28 heavy (non-hydrogen) atoms. The second-order valence-electron chi connectivity index (χ2n) is 9.22. The number of Topliss-reactive ketones (excluding diaryl/α,β-unsaturated/α-hetero) is 1. The number of esters is 1. The monoisotopic (exact) mass is 386 g/mol. The van der Waals surface area contributed by atoms with Crippen LogP contribution in [-0.2, 0) is 16.0 Å². The molecule has 1 N–H and O–H groups in total. The Morgan fingerprint density at radius 1 is 1.00 bits per heavy atom. The second-order valence-corrected chi connectivity index (χ2v) is 9.22. The van der Waals surface area contributed by atoms with E-state index in [0.29, 0.717) is 40.4 Å². The lowest BCUT2D eigenvalue weighted by Gasteiger charge is -2.56. The van der Waals surface area contributed by atoms with Crippen LogP contribution in [0, 0.1) is 17.8 Å². The lowest BCUT2D eigenvalue weighted by Crippen LogP contribution is -2.56. The van der Waals surface area contributed by atoms with Gasteiger partial charge in [-0.1, -0.05) is 0 Å². The van der Waals surface area contributed by atoms with Gasteiger partial charge in [-0.15, -0.1) is 0 Å². The van der Waals surface area contributed by atoms with Crippen molar-refractivity contribution >= 4 is 11.8 Å². The summed E-state index contributed by atoms with van der Waals surface area (Å²) >= 11 is 0. The Labute approximate surface area is 164 Å². The van der Waals surface area contributed by atoms with E-state index in [1.165, 1.54) is 39.5 Å². The van der Waals surface area contributed by atoms with E-state index in [1.54, 1.807) is 6.07 Å². The number of hydrogen-bond acceptors (Lipinski definition) is 6. The van der Waals surface area contributed by atoms with Crippen LogP contribution in [0.1, 0.15) is 54.4 Å². The van der Waals surface area contributed by atoms with Crippen LogP contribution in [0.5, 0.6) is 11.5 Å². The zero-order valence-corrected chi connectivity index (χ0v) is 16.3. The molecule has 1 atom stereocenters. The molecule has 0 heterocycles. The van der Waals surface area contributed by atoms with E-state index in [2.05, 4.69) is 0 Å². The molecule has 4 fully saturated rings. The van der Waals surface area contributed by atoms with Crippen molar-refractivity contribution in [3.63, 3.8) is 0 Å². The lowest BCUT2D eigenvalue weighted by atomic mass is 9.54. The van der Waals surface area contributed by atoms with Gasteiger partial charge in [-0.2, -0.15) is 0 Å². The maximum atomic E-state index is 13.1. The number of carbonyl (C=O) groups excluding carboxylic acids is 2. The number of ether oxygens (including phenoxy) is 3. The van der Waals surface area contributed by atoms with Crippen LogP contribution < -0.4 is 9.47 Å². The summed E-state index contributed by atoms with van der Waals surface area (Å²) in [6, 6.07) is 3.19. The quantitative estimate of drug-likeness (QED) is 0.633. The van der Waals surface area contributed by atoms with Crippen molar-refractivity contribution in [2.24, 2.45) is 17.8 Å². The van der Waals surface area contributed by atoms with Crippen LogP contribution in [-0.4, -0.2) is 42.3 Å². The van der Waals surface area contributed by atoms with E-state index in [-0.39, 0.29) is 6.42 Å². The number of methoxy groups -OCH3 is 2. The van der Waals surface area contributed by atoms with Crippen molar-refractivity contribution < 1.29 is 28.9 Å².